The number of rotatable bonds is 4. The molecule has 2 aromatic rings. The monoisotopic (exact) mass is 396 g/mol. The van der Waals surface area contributed by atoms with Gasteiger partial charge in [-0.05, 0) is 31.0 Å². The number of benzene rings is 1. The van der Waals surface area contributed by atoms with Gasteiger partial charge >= 0.3 is 0 Å². The van der Waals surface area contributed by atoms with Crippen molar-refractivity contribution in [1.29, 1.82) is 0 Å². The molecule has 25 heavy (non-hydrogen) atoms. The number of nitrogens with zero attached hydrogens (tertiary/aromatic N) is 3. The average Bonchev–Trinajstić information content (AvgIpc) is 3.21. The van der Waals surface area contributed by atoms with Crippen molar-refractivity contribution in [3.8, 4) is 0 Å². The van der Waals surface area contributed by atoms with Crippen LogP contribution in [0.2, 0.25) is 10.0 Å². The van der Waals surface area contributed by atoms with Gasteiger partial charge in [0.05, 0.1) is 16.0 Å². The molecule has 1 N–H and O–H groups in total. The van der Waals surface area contributed by atoms with Crippen LogP contribution >= 0.6 is 34.5 Å². The van der Waals surface area contributed by atoms with Crippen molar-refractivity contribution in [1.82, 2.24) is 10.2 Å². The minimum Gasteiger partial charge on any atom is -0.312 e. The van der Waals surface area contributed by atoms with Gasteiger partial charge in [-0.25, -0.2) is 0 Å². The summed E-state index contributed by atoms with van der Waals surface area (Å²) >= 11 is 13.3. The molecule has 2 aliphatic rings. The summed E-state index contributed by atoms with van der Waals surface area (Å²) in [5.74, 6) is -0.263. The second-order valence-corrected chi connectivity index (χ2v) is 8.04. The number of halogens is 2. The molecular weight excluding hydrogens is 383 g/mol. The van der Waals surface area contributed by atoms with Crippen molar-refractivity contribution in [2.75, 3.05) is 16.8 Å². The molecule has 1 saturated heterocycles. The Morgan fingerprint density at radius 2 is 2.04 bits per heavy atom. The number of aromatic nitrogens is 2. The van der Waals surface area contributed by atoms with Crippen LogP contribution in [-0.2, 0) is 9.59 Å². The SMILES string of the molecule is O=C(Nc1nnc(C2CC2)s1)[C@@H]1CC(=O)N(c2ccc(Cl)c(Cl)c2)C1. The Bertz CT molecular complexity index is 852. The van der Waals surface area contributed by atoms with Gasteiger partial charge in [0, 0.05) is 24.6 Å². The zero-order chi connectivity index (χ0) is 17.6. The fourth-order valence-corrected chi connectivity index (χ4v) is 3.98. The van der Waals surface area contributed by atoms with Gasteiger partial charge in [-0.3, -0.25) is 9.59 Å². The molecule has 2 heterocycles. The van der Waals surface area contributed by atoms with Gasteiger partial charge in [0.25, 0.3) is 0 Å². The lowest BCUT2D eigenvalue weighted by Crippen LogP contribution is -2.28. The number of hydrogen-bond donors (Lipinski definition) is 1. The Hall–Kier alpha value is -1.70. The van der Waals surface area contributed by atoms with E-state index in [2.05, 4.69) is 15.5 Å². The zero-order valence-corrected chi connectivity index (χ0v) is 15.4. The number of carbonyl (C=O) groups is 2. The molecule has 6 nitrogen and oxygen atoms in total. The fraction of sp³-hybridized carbons (Fsp3) is 0.375. The number of anilines is 2. The van der Waals surface area contributed by atoms with E-state index in [9.17, 15) is 9.59 Å². The lowest BCUT2D eigenvalue weighted by molar-refractivity contribution is -0.122. The van der Waals surface area contributed by atoms with Crippen LogP contribution in [0.15, 0.2) is 18.2 Å². The third-order valence-electron chi connectivity index (χ3n) is 4.31. The Morgan fingerprint density at radius 3 is 2.76 bits per heavy atom. The van der Waals surface area contributed by atoms with E-state index in [1.54, 1.807) is 23.1 Å². The van der Waals surface area contributed by atoms with E-state index in [1.165, 1.54) is 11.3 Å². The van der Waals surface area contributed by atoms with Crippen molar-refractivity contribution in [3.63, 3.8) is 0 Å². The van der Waals surface area contributed by atoms with E-state index in [0.29, 0.717) is 33.3 Å². The number of amides is 2. The lowest BCUT2D eigenvalue weighted by Gasteiger charge is -2.17. The summed E-state index contributed by atoms with van der Waals surface area (Å²) in [6, 6.07) is 4.99. The normalized spacial score (nSPS) is 20.2. The predicted molar refractivity (Wildman–Crippen MR) is 97.4 cm³/mol. The Morgan fingerprint density at radius 1 is 1.24 bits per heavy atom. The van der Waals surface area contributed by atoms with Crippen molar-refractivity contribution < 1.29 is 9.59 Å². The van der Waals surface area contributed by atoms with Gasteiger partial charge < -0.3 is 10.2 Å². The van der Waals surface area contributed by atoms with Crippen molar-refractivity contribution >= 4 is 57.2 Å². The van der Waals surface area contributed by atoms with Gasteiger partial charge in [0.1, 0.15) is 5.01 Å². The zero-order valence-electron chi connectivity index (χ0n) is 13.0. The largest absolute Gasteiger partial charge is 0.312 e. The van der Waals surface area contributed by atoms with E-state index in [0.717, 1.165) is 17.8 Å². The first-order chi connectivity index (χ1) is 12.0. The Balaban J connectivity index is 1.43. The first-order valence-electron chi connectivity index (χ1n) is 7.91. The second-order valence-electron chi connectivity index (χ2n) is 6.21. The highest BCUT2D eigenvalue weighted by molar-refractivity contribution is 7.15. The molecule has 1 atom stereocenters. The number of carbonyl (C=O) groups excluding carboxylic acids is 2. The van der Waals surface area contributed by atoms with Crippen LogP contribution in [0.4, 0.5) is 10.8 Å². The highest BCUT2D eigenvalue weighted by Gasteiger charge is 2.36. The number of hydrogen-bond acceptors (Lipinski definition) is 5. The van der Waals surface area contributed by atoms with Crippen LogP contribution in [0.5, 0.6) is 0 Å². The molecule has 4 rings (SSSR count). The van der Waals surface area contributed by atoms with Gasteiger partial charge in [-0.15, -0.1) is 10.2 Å². The molecule has 0 spiro atoms. The van der Waals surface area contributed by atoms with Crippen molar-refractivity contribution in [2.24, 2.45) is 5.92 Å². The molecule has 1 aliphatic heterocycles. The Kier molecular flexibility index (Phi) is 4.39. The fourth-order valence-electron chi connectivity index (χ4n) is 2.77. The van der Waals surface area contributed by atoms with Gasteiger partial charge in [0.2, 0.25) is 16.9 Å². The molecule has 2 fully saturated rings. The molecule has 1 saturated carbocycles. The maximum Gasteiger partial charge on any atom is 0.231 e. The molecule has 1 aliphatic carbocycles. The van der Waals surface area contributed by atoms with Gasteiger partial charge in [-0.2, -0.15) is 0 Å². The molecule has 0 unspecified atom stereocenters. The second kappa shape index (κ2) is 6.55. The van der Waals surface area contributed by atoms with Crippen LogP contribution in [0, 0.1) is 5.92 Å². The third-order valence-corrected chi connectivity index (χ3v) is 6.05. The van der Waals surface area contributed by atoms with Crippen molar-refractivity contribution in [3.05, 3.63) is 33.3 Å². The quantitative estimate of drug-likeness (QED) is 0.854. The van der Waals surface area contributed by atoms with Crippen LogP contribution in [-0.4, -0.2) is 28.6 Å². The van der Waals surface area contributed by atoms with E-state index in [-0.39, 0.29) is 18.2 Å². The standard InChI is InChI=1S/C16H14Cl2N4O2S/c17-11-4-3-10(6-12(11)18)22-7-9(5-13(22)23)14(24)19-16-21-20-15(25-16)8-1-2-8/h3-4,6,8-9H,1-2,5,7H2,(H,19,21,24)/t9-/m1/s1. The van der Waals surface area contributed by atoms with Crippen LogP contribution < -0.4 is 10.2 Å². The van der Waals surface area contributed by atoms with E-state index in [1.807, 2.05) is 0 Å². The first kappa shape index (κ1) is 16.8. The minimum atomic E-state index is -0.435. The molecule has 0 radical (unpaired) electrons. The van der Waals surface area contributed by atoms with Crippen LogP contribution in [0.3, 0.4) is 0 Å². The average molecular weight is 397 g/mol. The number of nitrogens with one attached hydrogen (secondary N) is 1. The summed E-state index contributed by atoms with van der Waals surface area (Å²) < 4.78 is 0. The van der Waals surface area contributed by atoms with Gasteiger partial charge in [0.15, 0.2) is 0 Å². The maximum atomic E-state index is 12.5. The highest BCUT2D eigenvalue weighted by Crippen LogP contribution is 2.42. The topological polar surface area (TPSA) is 75.2 Å². The first-order valence-corrected chi connectivity index (χ1v) is 9.48. The molecule has 1 aromatic carbocycles. The smallest absolute Gasteiger partial charge is 0.231 e. The minimum absolute atomic E-state index is 0.116. The maximum absolute atomic E-state index is 12.5. The predicted octanol–water partition coefficient (Wildman–Crippen LogP) is 3.71. The summed E-state index contributed by atoms with van der Waals surface area (Å²) in [7, 11) is 0. The Labute approximate surface area is 158 Å². The summed E-state index contributed by atoms with van der Waals surface area (Å²) in [6.07, 6.45) is 2.43. The summed E-state index contributed by atoms with van der Waals surface area (Å²) in [4.78, 5) is 26.3. The molecule has 2 amide bonds. The van der Waals surface area contributed by atoms with Gasteiger partial charge in [-0.1, -0.05) is 34.5 Å². The summed E-state index contributed by atoms with van der Waals surface area (Å²) in [6.45, 7) is 0.302. The van der Waals surface area contributed by atoms with Crippen LogP contribution in [0.25, 0.3) is 0 Å². The van der Waals surface area contributed by atoms with E-state index >= 15 is 0 Å². The third kappa shape index (κ3) is 3.49. The summed E-state index contributed by atoms with van der Waals surface area (Å²) in [5.41, 5.74) is 0.640. The summed E-state index contributed by atoms with van der Waals surface area (Å²) in [5, 5.41) is 13.2. The molecule has 9 heteroatoms. The molecule has 1 aromatic heterocycles. The van der Waals surface area contributed by atoms with E-state index in [4.69, 9.17) is 23.2 Å². The van der Waals surface area contributed by atoms with E-state index < -0.39 is 5.92 Å². The lowest BCUT2D eigenvalue weighted by atomic mass is 10.1. The van der Waals surface area contributed by atoms with Crippen LogP contribution in [0.1, 0.15) is 30.2 Å². The highest BCUT2D eigenvalue weighted by atomic mass is 35.5. The molecule has 0 bridgehead atoms. The van der Waals surface area contributed by atoms with Crippen molar-refractivity contribution in [2.45, 2.75) is 25.2 Å². The molecule has 130 valence electrons. The molecular formula is C16H14Cl2N4O2S.